The maximum atomic E-state index is 12.5. The number of aryl methyl sites for hydroxylation is 1. The summed E-state index contributed by atoms with van der Waals surface area (Å²) in [4.78, 5) is 23.5. The van der Waals surface area contributed by atoms with Crippen molar-refractivity contribution in [2.45, 2.75) is 56.9 Å². The summed E-state index contributed by atoms with van der Waals surface area (Å²) < 4.78 is 26.5. The van der Waals surface area contributed by atoms with E-state index in [1.807, 2.05) is 13.8 Å². The molecule has 0 saturated carbocycles. The molecule has 0 spiro atoms. The Morgan fingerprint density at radius 3 is 2.26 bits per heavy atom. The largest absolute Gasteiger partial charge is 0.480 e. The van der Waals surface area contributed by atoms with Gasteiger partial charge in [-0.05, 0) is 49.3 Å². The van der Waals surface area contributed by atoms with Crippen LogP contribution in [0.5, 0.6) is 0 Å². The van der Waals surface area contributed by atoms with Gasteiger partial charge < -0.3 is 10.4 Å². The minimum atomic E-state index is -3.43. The normalized spacial score (nSPS) is 16.4. The van der Waals surface area contributed by atoms with Crippen LogP contribution in [0.4, 0.5) is 0 Å². The van der Waals surface area contributed by atoms with Crippen molar-refractivity contribution in [1.29, 1.82) is 0 Å². The molecule has 0 aromatic heterocycles. The third-order valence-corrected chi connectivity index (χ3v) is 6.52. The summed E-state index contributed by atoms with van der Waals surface area (Å²) in [6.45, 7) is 4.93. The maximum Gasteiger partial charge on any atom is 0.326 e. The number of rotatable bonds is 9. The smallest absolute Gasteiger partial charge is 0.326 e. The first-order valence-corrected chi connectivity index (χ1v) is 10.8. The maximum absolute atomic E-state index is 12.5. The van der Waals surface area contributed by atoms with Crippen molar-refractivity contribution in [2.24, 2.45) is 5.92 Å². The van der Waals surface area contributed by atoms with Crippen molar-refractivity contribution >= 4 is 21.9 Å². The van der Waals surface area contributed by atoms with Gasteiger partial charge in [-0.25, -0.2) is 13.2 Å². The van der Waals surface area contributed by atoms with Crippen LogP contribution in [-0.4, -0.2) is 48.8 Å². The summed E-state index contributed by atoms with van der Waals surface area (Å²) in [5.41, 5.74) is 0.834. The van der Waals surface area contributed by atoms with Crippen LogP contribution in [0.3, 0.4) is 0 Å². The lowest BCUT2D eigenvalue weighted by atomic mass is 10.0. The Bertz CT molecular complexity index is 753. The number of aliphatic carboxylic acids is 1. The topological polar surface area (TPSA) is 104 Å². The molecule has 0 radical (unpaired) electrons. The molecular formula is C19H28N2O5S. The number of nitrogens with one attached hydrogen (secondary N) is 1. The molecule has 1 fully saturated rings. The fourth-order valence-corrected chi connectivity index (χ4v) is 4.64. The summed E-state index contributed by atoms with van der Waals surface area (Å²) in [6.07, 6.45) is 2.73. The van der Waals surface area contributed by atoms with E-state index in [9.17, 15) is 23.1 Å². The first-order chi connectivity index (χ1) is 12.7. The van der Waals surface area contributed by atoms with Gasteiger partial charge in [0.15, 0.2) is 0 Å². The molecule has 1 amide bonds. The molecule has 7 nitrogen and oxygen atoms in total. The van der Waals surface area contributed by atoms with Crippen LogP contribution in [-0.2, 0) is 26.0 Å². The van der Waals surface area contributed by atoms with Gasteiger partial charge in [-0.1, -0.05) is 26.0 Å². The second-order valence-corrected chi connectivity index (χ2v) is 9.28. The Hall–Kier alpha value is -1.93. The van der Waals surface area contributed by atoms with Crippen LogP contribution in [0.2, 0.25) is 0 Å². The molecule has 1 aromatic carbocycles. The zero-order chi connectivity index (χ0) is 20.0. The van der Waals surface area contributed by atoms with Gasteiger partial charge in [-0.15, -0.1) is 0 Å². The predicted octanol–water partition coefficient (Wildman–Crippen LogP) is 2.02. The first kappa shape index (κ1) is 21.4. The van der Waals surface area contributed by atoms with Gasteiger partial charge in [0.1, 0.15) is 6.04 Å². The highest BCUT2D eigenvalue weighted by Crippen LogP contribution is 2.21. The van der Waals surface area contributed by atoms with Crippen LogP contribution < -0.4 is 5.32 Å². The Balaban J connectivity index is 1.91. The highest BCUT2D eigenvalue weighted by atomic mass is 32.2. The number of carbonyl (C=O) groups is 2. The van der Waals surface area contributed by atoms with E-state index in [0.29, 0.717) is 25.9 Å². The van der Waals surface area contributed by atoms with Crippen molar-refractivity contribution in [3.8, 4) is 0 Å². The molecule has 2 N–H and O–H groups in total. The number of carbonyl (C=O) groups excluding carboxylic acids is 1. The van der Waals surface area contributed by atoms with E-state index < -0.39 is 22.0 Å². The summed E-state index contributed by atoms with van der Waals surface area (Å²) in [6, 6.07) is 5.67. The van der Waals surface area contributed by atoms with Crippen LogP contribution in [0.15, 0.2) is 29.2 Å². The van der Waals surface area contributed by atoms with Gasteiger partial charge in [0.05, 0.1) is 4.90 Å². The first-order valence-electron chi connectivity index (χ1n) is 9.31. The van der Waals surface area contributed by atoms with Crippen LogP contribution in [0, 0.1) is 5.92 Å². The fourth-order valence-electron chi connectivity index (χ4n) is 3.12. The molecule has 1 unspecified atom stereocenters. The molecule has 150 valence electrons. The predicted molar refractivity (Wildman–Crippen MR) is 102 cm³/mol. The van der Waals surface area contributed by atoms with E-state index in [4.69, 9.17) is 0 Å². The Labute approximate surface area is 160 Å². The van der Waals surface area contributed by atoms with Crippen molar-refractivity contribution in [1.82, 2.24) is 9.62 Å². The van der Waals surface area contributed by atoms with E-state index in [-0.39, 0.29) is 23.1 Å². The lowest BCUT2D eigenvalue weighted by molar-refractivity contribution is -0.142. The third kappa shape index (κ3) is 6.04. The second-order valence-electron chi connectivity index (χ2n) is 7.34. The van der Waals surface area contributed by atoms with Gasteiger partial charge >= 0.3 is 5.97 Å². The van der Waals surface area contributed by atoms with Crippen molar-refractivity contribution in [2.75, 3.05) is 13.1 Å². The minimum Gasteiger partial charge on any atom is -0.480 e. The van der Waals surface area contributed by atoms with Crippen molar-refractivity contribution in [3.63, 3.8) is 0 Å². The average molecular weight is 397 g/mol. The molecule has 2 rings (SSSR count). The average Bonchev–Trinajstić information content (AvgIpc) is 3.15. The molecule has 1 atom stereocenters. The molecule has 1 aliphatic rings. The van der Waals surface area contributed by atoms with Crippen LogP contribution in [0.25, 0.3) is 0 Å². The van der Waals surface area contributed by atoms with E-state index in [1.54, 1.807) is 24.3 Å². The molecule has 1 aliphatic heterocycles. The SMILES string of the molecule is CC(C)CC(NC(=O)CCc1ccc(S(=O)(=O)N2CCCC2)cc1)C(=O)O. The van der Waals surface area contributed by atoms with E-state index in [0.717, 1.165) is 18.4 Å². The van der Waals surface area contributed by atoms with Gasteiger partial charge in [0.2, 0.25) is 15.9 Å². The summed E-state index contributed by atoms with van der Waals surface area (Å²) in [7, 11) is -3.43. The zero-order valence-electron chi connectivity index (χ0n) is 15.8. The molecule has 8 heteroatoms. The summed E-state index contributed by atoms with van der Waals surface area (Å²) >= 11 is 0. The lowest BCUT2D eigenvalue weighted by Crippen LogP contribution is -2.41. The van der Waals surface area contributed by atoms with E-state index >= 15 is 0 Å². The number of benzene rings is 1. The van der Waals surface area contributed by atoms with Gasteiger partial charge in [-0.2, -0.15) is 4.31 Å². The van der Waals surface area contributed by atoms with Crippen LogP contribution >= 0.6 is 0 Å². The number of sulfonamides is 1. The number of hydrogen-bond donors (Lipinski definition) is 2. The van der Waals surface area contributed by atoms with Crippen molar-refractivity contribution < 1.29 is 23.1 Å². The number of hydrogen-bond acceptors (Lipinski definition) is 4. The van der Waals surface area contributed by atoms with E-state index in [1.165, 1.54) is 4.31 Å². The number of nitrogens with zero attached hydrogens (tertiary/aromatic N) is 1. The zero-order valence-corrected chi connectivity index (χ0v) is 16.7. The van der Waals surface area contributed by atoms with Gasteiger partial charge in [0, 0.05) is 19.5 Å². The second kappa shape index (κ2) is 9.32. The molecular weight excluding hydrogens is 368 g/mol. The highest BCUT2D eigenvalue weighted by molar-refractivity contribution is 7.89. The number of carboxylic acid groups (broad SMARTS) is 1. The Morgan fingerprint density at radius 2 is 1.74 bits per heavy atom. The van der Waals surface area contributed by atoms with Gasteiger partial charge in [-0.3, -0.25) is 4.79 Å². The van der Waals surface area contributed by atoms with Gasteiger partial charge in [0.25, 0.3) is 0 Å². The van der Waals surface area contributed by atoms with E-state index in [2.05, 4.69) is 5.32 Å². The summed E-state index contributed by atoms with van der Waals surface area (Å²) in [5, 5.41) is 11.7. The highest BCUT2D eigenvalue weighted by Gasteiger charge is 2.27. The standard InChI is InChI=1S/C19H28N2O5S/c1-14(2)13-17(19(23)24)20-18(22)10-7-15-5-8-16(9-6-15)27(25,26)21-11-3-4-12-21/h5-6,8-9,14,17H,3-4,7,10-13H2,1-2H3,(H,20,22)(H,23,24). The molecule has 0 aliphatic carbocycles. The Morgan fingerprint density at radius 1 is 1.15 bits per heavy atom. The van der Waals surface area contributed by atoms with Crippen LogP contribution in [0.1, 0.15) is 45.1 Å². The summed E-state index contributed by atoms with van der Waals surface area (Å²) in [5.74, 6) is -1.19. The lowest BCUT2D eigenvalue weighted by Gasteiger charge is -2.17. The monoisotopic (exact) mass is 396 g/mol. The fraction of sp³-hybridized carbons (Fsp3) is 0.579. The minimum absolute atomic E-state index is 0.153. The molecule has 1 aromatic rings. The molecule has 0 bridgehead atoms. The molecule has 1 saturated heterocycles. The molecule has 1 heterocycles. The number of carboxylic acids is 1. The quantitative estimate of drug-likeness (QED) is 0.665. The number of amides is 1. The third-order valence-electron chi connectivity index (χ3n) is 4.61. The Kier molecular flexibility index (Phi) is 7.38. The van der Waals surface area contributed by atoms with Crippen molar-refractivity contribution in [3.05, 3.63) is 29.8 Å². The molecule has 27 heavy (non-hydrogen) atoms.